The van der Waals surface area contributed by atoms with Gasteiger partial charge in [0, 0.05) is 6.54 Å². The topological polar surface area (TPSA) is 35.2 Å². The van der Waals surface area contributed by atoms with Crippen molar-refractivity contribution in [2.75, 3.05) is 0 Å². The summed E-state index contributed by atoms with van der Waals surface area (Å²) in [5, 5.41) is 0. The van der Waals surface area contributed by atoms with Crippen LogP contribution in [0.2, 0.25) is 0 Å². The van der Waals surface area contributed by atoms with E-state index >= 15 is 0 Å². The van der Waals surface area contributed by atoms with Crippen LogP contribution in [0.4, 0.5) is 13.2 Å². The van der Waals surface area contributed by atoms with Crippen LogP contribution < -0.4 is 10.5 Å². The van der Waals surface area contributed by atoms with Gasteiger partial charge in [-0.25, -0.2) is 0 Å². The van der Waals surface area contributed by atoms with Crippen LogP contribution in [0.15, 0.2) is 18.2 Å². The molecule has 2 rings (SSSR count). The summed E-state index contributed by atoms with van der Waals surface area (Å²) in [5.74, 6) is 0.468. The average Bonchev–Trinajstić information content (AvgIpc) is 3.00. The van der Waals surface area contributed by atoms with Crippen LogP contribution in [-0.4, -0.2) is 6.10 Å². The predicted molar refractivity (Wildman–Crippen MR) is 53.0 cm³/mol. The SMILES string of the molecule is NCc1cc(OC2CC2)ccc1C(F)(F)F. The first-order chi connectivity index (χ1) is 7.50. The van der Waals surface area contributed by atoms with Crippen molar-refractivity contribution in [1.82, 2.24) is 0 Å². The van der Waals surface area contributed by atoms with Crippen LogP contribution in [0.25, 0.3) is 0 Å². The van der Waals surface area contributed by atoms with E-state index in [1.54, 1.807) is 0 Å². The van der Waals surface area contributed by atoms with Crippen molar-refractivity contribution in [2.24, 2.45) is 5.73 Å². The molecule has 5 heteroatoms. The quantitative estimate of drug-likeness (QED) is 0.868. The number of benzene rings is 1. The summed E-state index contributed by atoms with van der Waals surface area (Å²) < 4.78 is 43.0. The number of hydrogen-bond donors (Lipinski definition) is 1. The van der Waals surface area contributed by atoms with Gasteiger partial charge in [0.1, 0.15) is 5.75 Å². The van der Waals surface area contributed by atoms with Gasteiger partial charge in [-0.1, -0.05) is 0 Å². The van der Waals surface area contributed by atoms with Crippen LogP contribution in [0.5, 0.6) is 5.75 Å². The van der Waals surface area contributed by atoms with Gasteiger partial charge in [-0.2, -0.15) is 13.2 Å². The van der Waals surface area contributed by atoms with Crippen molar-refractivity contribution in [3.05, 3.63) is 29.3 Å². The largest absolute Gasteiger partial charge is 0.490 e. The first kappa shape index (κ1) is 11.3. The molecule has 0 atom stereocenters. The van der Waals surface area contributed by atoms with Gasteiger partial charge in [-0.3, -0.25) is 0 Å². The highest BCUT2D eigenvalue weighted by Gasteiger charge is 2.33. The molecule has 2 N–H and O–H groups in total. The molecule has 1 aliphatic rings. The van der Waals surface area contributed by atoms with Crippen molar-refractivity contribution >= 4 is 0 Å². The molecule has 0 saturated heterocycles. The zero-order valence-electron chi connectivity index (χ0n) is 8.55. The highest BCUT2D eigenvalue weighted by Crippen LogP contribution is 2.35. The molecule has 0 aliphatic heterocycles. The third-order valence-electron chi connectivity index (χ3n) is 2.43. The highest BCUT2D eigenvalue weighted by molar-refractivity contribution is 5.37. The molecule has 1 fully saturated rings. The standard InChI is InChI=1S/C11H12F3NO/c12-11(13,14)10-4-3-9(5-7(10)6-15)16-8-1-2-8/h3-5,8H,1-2,6,15H2. The van der Waals surface area contributed by atoms with Gasteiger partial charge in [0.2, 0.25) is 0 Å². The molecule has 0 heterocycles. The number of rotatable bonds is 3. The summed E-state index contributed by atoms with van der Waals surface area (Å²) in [6.45, 7) is -0.142. The summed E-state index contributed by atoms with van der Waals surface area (Å²) in [6.07, 6.45) is -2.24. The average molecular weight is 231 g/mol. The number of hydrogen-bond acceptors (Lipinski definition) is 2. The molecule has 0 spiro atoms. The molecule has 1 aromatic rings. The Morgan fingerprint density at radius 2 is 2.00 bits per heavy atom. The Balaban J connectivity index is 2.26. The lowest BCUT2D eigenvalue weighted by Gasteiger charge is -2.13. The normalized spacial score (nSPS) is 16.2. The Morgan fingerprint density at radius 3 is 2.50 bits per heavy atom. The van der Waals surface area contributed by atoms with Crippen molar-refractivity contribution in [3.8, 4) is 5.75 Å². The summed E-state index contributed by atoms with van der Waals surface area (Å²) in [4.78, 5) is 0. The van der Waals surface area contributed by atoms with E-state index < -0.39 is 11.7 Å². The Morgan fingerprint density at radius 1 is 1.31 bits per heavy atom. The summed E-state index contributed by atoms with van der Waals surface area (Å²) in [5.41, 5.74) is 4.70. The van der Waals surface area contributed by atoms with Gasteiger partial charge < -0.3 is 10.5 Å². The molecule has 0 unspecified atom stereocenters. The maximum absolute atomic E-state index is 12.5. The smallest absolute Gasteiger partial charge is 0.416 e. The predicted octanol–water partition coefficient (Wildman–Crippen LogP) is 2.71. The molecule has 16 heavy (non-hydrogen) atoms. The summed E-state index contributed by atoms with van der Waals surface area (Å²) >= 11 is 0. The Bertz CT molecular complexity index is 385. The second kappa shape index (κ2) is 3.97. The zero-order valence-corrected chi connectivity index (χ0v) is 8.55. The third-order valence-corrected chi connectivity index (χ3v) is 2.43. The second-order valence-electron chi connectivity index (χ2n) is 3.84. The van der Waals surface area contributed by atoms with E-state index in [1.807, 2.05) is 0 Å². The Labute approximate surface area is 91.2 Å². The fourth-order valence-electron chi connectivity index (χ4n) is 1.47. The fourth-order valence-corrected chi connectivity index (χ4v) is 1.47. The molecule has 0 aromatic heterocycles. The molecule has 88 valence electrons. The van der Waals surface area contributed by atoms with Gasteiger partial charge in [0.05, 0.1) is 11.7 Å². The Kier molecular flexibility index (Phi) is 2.80. The minimum absolute atomic E-state index is 0.0747. The molecular weight excluding hydrogens is 219 g/mol. The number of nitrogens with two attached hydrogens (primary N) is 1. The minimum atomic E-state index is -4.35. The van der Waals surface area contributed by atoms with E-state index in [4.69, 9.17) is 10.5 Å². The molecule has 0 amide bonds. The van der Waals surface area contributed by atoms with E-state index in [9.17, 15) is 13.2 Å². The fraction of sp³-hybridized carbons (Fsp3) is 0.455. The van der Waals surface area contributed by atoms with Crippen LogP contribution in [0.3, 0.4) is 0 Å². The molecule has 0 bridgehead atoms. The molecule has 1 aromatic carbocycles. The molecule has 0 radical (unpaired) electrons. The maximum Gasteiger partial charge on any atom is 0.416 e. The minimum Gasteiger partial charge on any atom is -0.490 e. The number of halogens is 3. The Hall–Kier alpha value is -1.23. The van der Waals surface area contributed by atoms with Gasteiger partial charge in [-0.15, -0.1) is 0 Å². The van der Waals surface area contributed by atoms with E-state index in [-0.39, 0.29) is 18.2 Å². The van der Waals surface area contributed by atoms with Gasteiger partial charge in [0.25, 0.3) is 0 Å². The number of ether oxygens (including phenoxy) is 1. The zero-order chi connectivity index (χ0) is 11.8. The lowest BCUT2D eigenvalue weighted by Crippen LogP contribution is -2.12. The van der Waals surface area contributed by atoms with Crippen molar-refractivity contribution in [3.63, 3.8) is 0 Å². The van der Waals surface area contributed by atoms with Gasteiger partial charge in [-0.05, 0) is 36.6 Å². The van der Waals surface area contributed by atoms with Crippen molar-refractivity contribution in [1.29, 1.82) is 0 Å². The van der Waals surface area contributed by atoms with Crippen molar-refractivity contribution < 1.29 is 17.9 Å². The van der Waals surface area contributed by atoms with Gasteiger partial charge >= 0.3 is 6.18 Å². The van der Waals surface area contributed by atoms with Gasteiger partial charge in [0.15, 0.2) is 0 Å². The van der Waals surface area contributed by atoms with Crippen LogP contribution in [-0.2, 0) is 12.7 Å². The van der Waals surface area contributed by atoms with E-state index in [0.717, 1.165) is 18.9 Å². The lowest BCUT2D eigenvalue weighted by molar-refractivity contribution is -0.138. The number of alkyl halides is 3. The van der Waals surface area contributed by atoms with E-state index in [2.05, 4.69) is 0 Å². The molecule has 2 nitrogen and oxygen atoms in total. The van der Waals surface area contributed by atoms with Crippen LogP contribution >= 0.6 is 0 Å². The van der Waals surface area contributed by atoms with E-state index in [1.165, 1.54) is 12.1 Å². The molecule has 1 aliphatic carbocycles. The lowest BCUT2D eigenvalue weighted by atomic mass is 10.1. The summed E-state index contributed by atoms with van der Waals surface area (Å²) in [6, 6.07) is 3.75. The monoisotopic (exact) mass is 231 g/mol. The second-order valence-corrected chi connectivity index (χ2v) is 3.84. The van der Waals surface area contributed by atoms with Crippen LogP contribution in [0, 0.1) is 0 Å². The highest BCUT2D eigenvalue weighted by atomic mass is 19.4. The summed E-state index contributed by atoms with van der Waals surface area (Å²) in [7, 11) is 0. The first-order valence-electron chi connectivity index (χ1n) is 5.07. The third kappa shape index (κ3) is 2.47. The van der Waals surface area contributed by atoms with Crippen molar-refractivity contribution in [2.45, 2.75) is 31.7 Å². The van der Waals surface area contributed by atoms with E-state index in [0.29, 0.717) is 5.75 Å². The first-order valence-corrected chi connectivity index (χ1v) is 5.07. The van der Waals surface area contributed by atoms with Crippen LogP contribution in [0.1, 0.15) is 24.0 Å². The molecular formula is C11H12F3NO. The maximum atomic E-state index is 12.5. The molecule has 1 saturated carbocycles.